The summed E-state index contributed by atoms with van der Waals surface area (Å²) in [5.41, 5.74) is 0.776. The fraction of sp³-hybridized carbons (Fsp3) is 0.125. The van der Waals surface area contributed by atoms with Gasteiger partial charge in [-0.15, -0.1) is 0 Å². The third-order valence-electron chi connectivity index (χ3n) is 1.26. The number of rotatable bonds is 2. The largest absolute Gasteiger partial charge is 0.399 e. The van der Waals surface area contributed by atoms with Crippen LogP contribution in [0.2, 0.25) is 0 Å². The molecule has 0 unspecified atom stereocenters. The Morgan fingerprint density at radius 2 is 2.33 bits per heavy atom. The molecule has 1 aromatic rings. The van der Waals surface area contributed by atoms with E-state index in [1.165, 1.54) is 25.5 Å². The molecule has 0 aliphatic rings. The van der Waals surface area contributed by atoms with Crippen LogP contribution >= 0.6 is 15.9 Å². The van der Waals surface area contributed by atoms with Gasteiger partial charge in [0.2, 0.25) is 0 Å². The van der Waals surface area contributed by atoms with Gasteiger partial charge in [0.1, 0.15) is 12.9 Å². The van der Waals surface area contributed by atoms with Crippen LogP contribution in [0.15, 0.2) is 27.8 Å². The molecule has 0 saturated carbocycles. The number of halogens is 2. The molecule has 12 heavy (non-hydrogen) atoms. The lowest BCUT2D eigenvalue weighted by molar-refractivity contribution is 0.215. The zero-order chi connectivity index (χ0) is 8.97. The second kappa shape index (κ2) is 4.21. The lowest BCUT2D eigenvalue weighted by Crippen LogP contribution is -1.85. The maximum atomic E-state index is 12.6. The van der Waals surface area contributed by atoms with E-state index in [9.17, 15) is 4.39 Å². The van der Waals surface area contributed by atoms with Gasteiger partial charge < -0.3 is 4.84 Å². The van der Waals surface area contributed by atoms with Crippen LogP contribution in [0.5, 0.6) is 0 Å². The Balaban J connectivity index is 2.94. The second-order valence-corrected chi connectivity index (χ2v) is 2.94. The molecule has 0 fully saturated rings. The summed E-state index contributed by atoms with van der Waals surface area (Å²) in [5, 5.41) is 3.56. The fourth-order valence-corrected chi connectivity index (χ4v) is 1.17. The van der Waals surface area contributed by atoms with E-state index in [1.54, 1.807) is 6.07 Å². The predicted molar refractivity (Wildman–Crippen MR) is 48.7 cm³/mol. The molecule has 2 nitrogen and oxygen atoms in total. The summed E-state index contributed by atoms with van der Waals surface area (Å²) in [6, 6.07) is 4.35. The molecule has 0 aromatic heterocycles. The van der Waals surface area contributed by atoms with Crippen LogP contribution in [0.3, 0.4) is 0 Å². The van der Waals surface area contributed by atoms with Crippen LogP contribution in [0, 0.1) is 5.82 Å². The van der Waals surface area contributed by atoms with E-state index >= 15 is 0 Å². The third kappa shape index (κ3) is 2.30. The van der Waals surface area contributed by atoms with E-state index in [2.05, 4.69) is 25.9 Å². The van der Waals surface area contributed by atoms with Gasteiger partial charge >= 0.3 is 0 Å². The van der Waals surface area contributed by atoms with Crippen molar-refractivity contribution in [2.24, 2.45) is 5.16 Å². The zero-order valence-corrected chi connectivity index (χ0v) is 8.01. The van der Waals surface area contributed by atoms with Crippen LogP contribution < -0.4 is 0 Å². The first kappa shape index (κ1) is 9.19. The smallest absolute Gasteiger partial charge is 0.124 e. The van der Waals surface area contributed by atoms with Crippen molar-refractivity contribution in [2.45, 2.75) is 0 Å². The van der Waals surface area contributed by atoms with Crippen molar-refractivity contribution in [2.75, 3.05) is 7.11 Å². The van der Waals surface area contributed by atoms with E-state index < -0.39 is 0 Å². The number of nitrogens with zero attached hydrogens (tertiary/aromatic N) is 1. The Hall–Kier alpha value is -0.900. The SMILES string of the molecule is CON=Cc1ccc(F)cc1Br. The summed E-state index contributed by atoms with van der Waals surface area (Å²) < 4.78 is 13.2. The first-order chi connectivity index (χ1) is 5.74. The van der Waals surface area contributed by atoms with Gasteiger partial charge in [-0.2, -0.15) is 0 Å². The molecule has 1 aromatic carbocycles. The van der Waals surface area contributed by atoms with Gasteiger partial charge in [0.25, 0.3) is 0 Å². The van der Waals surface area contributed by atoms with Gasteiger partial charge in [-0.3, -0.25) is 0 Å². The van der Waals surface area contributed by atoms with E-state index in [4.69, 9.17) is 0 Å². The average Bonchev–Trinajstić information content (AvgIpc) is 2.03. The van der Waals surface area contributed by atoms with Crippen molar-refractivity contribution in [3.8, 4) is 0 Å². The third-order valence-corrected chi connectivity index (χ3v) is 1.95. The minimum Gasteiger partial charge on any atom is -0.399 e. The number of oxime groups is 1. The van der Waals surface area contributed by atoms with E-state index in [0.29, 0.717) is 4.47 Å². The molecule has 0 radical (unpaired) electrons. The van der Waals surface area contributed by atoms with Crippen molar-refractivity contribution in [1.82, 2.24) is 0 Å². The molecule has 0 N–H and O–H groups in total. The molecule has 0 heterocycles. The normalized spacial score (nSPS) is 10.6. The minimum absolute atomic E-state index is 0.281. The molecule has 0 amide bonds. The average molecular weight is 232 g/mol. The second-order valence-electron chi connectivity index (χ2n) is 2.08. The van der Waals surface area contributed by atoms with Crippen molar-refractivity contribution in [3.63, 3.8) is 0 Å². The topological polar surface area (TPSA) is 21.6 Å². The molecule has 0 bridgehead atoms. The highest BCUT2D eigenvalue weighted by molar-refractivity contribution is 9.10. The first-order valence-electron chi connectivity index (χ1n) is 3.25. The highest BCUT2D eigenvalue weighted by atomic mass is 79.9. The zero-order valence-electron chi connectivity index (χ0n) is 6.42. The van der Waals surface area contributed by atoms with E-state index in [-0.39, 0.29) is 5.82 Å². The van der Waals surface area contributed by atoms with E-state index in [0.717, 1.165) is 5.56 Å². The summed E-state index contributed by atoms with van der Waals surface area (Å²) in [5.74, 6) is -0.281. The van der Waals surface area contributed by atoms with Crippen LogP contribution in [0.4, 0.5) is 4.39 Å². The monoisotopic (exact) mass is 231 g/mol. The van der Waals surface area contributed by atoms with Gasteiger partial charge in [-0.05, 0) is 18.2 Å². The molecule has 0 aliphatic heterocycles. The highest BCUT2D eigenvalue weighted by Gasteiger charge is 1.97. The Bertz CT molecular complexity index is 301. The van der Waals surface area contributed by atoms with Crippen LogP contribution in [-0.4, -0.2) is 13.3 Å². The summed E-state index contributed by atoms with van der Waals surface area (Å²) in [6.07, 6.45) is 1.50. The summed E-state index contributed by atoms with van der Waals surface area (Å²) in [4.78, 5) is 4.49. The molecule has 0 spiro atoms. The van der Waals surface area contributed by atoms with E-state index in [1.807, 2.05) is 0 Å². The minimum atomic E-state index is -0.281. The molecule has 0 atom stereocenters. The maximum absolute atomic E-state index is 12.6. The highest BCUT2D eigenvalue weighted by Crippen LogP contribution is 2.15. The summed E-state index contributed by atoms with van der Waals surface area (Å²) in [6.45, 7) is 0. The maximum Gasteiger partial charge on any atom is 0.124 e. The van der Waals surface area contributed by atoms with Crippen LogP contribution in [0.1, 0.15) is 5.56 Å². The number of hydrogen-bond donors (Lipinski definition) is 0. The Morgan fingerprint density at radius 3 is 2.92 bits per heavy atom. The predicted octanol–water partition coefficient (Wildman–Crippen LogP) is 2.57. The quantitative estimate of drug-likeness (QED) is 0.567. The number of hydrogen-bond acceptors (Lipinski definition) is 2. The molecule has 0 aliphatic carbocycles. The molecule has 0 saturated heterocycles. The molecule has 4 heteroatoms. The summed E-state index contributed by atoms with van der Waals surface area (Å²) >= 11 is 3.19. The van der Waals surface area contributed by atoms with Crippen LogP contribution in [0.25, 0.3) is 0 Å². The van der Waals surface area contributed by atoms with Crippen molar-refractivity contribution in [3.05, 3.63) is 34.1 Å². The standard InChI is InChI=1S/C8H7BrFNO/c1-12-11-5-6-2-3-7(10)4-8(6)9/h2-5H,1H3. The Kier molecular flexibility index (Phi) is 3.22. The van der Waals surface area contributed by atoms with Gasteiger partial charge in [0.15, 0.2) is 0 Å². The lowest BCUT2D eigenvalue weighted by atomic mass is 10.2. The molecular weight excluding hydrogens is 225 g/mol. The van der Waals surface area contributed by atoms with Gasteiger partial charge in [0, 0.05) is 10.0 Å². The first-order valence-corrected chi connectivity index (χ1v) is 4.05. The van der Waals surface area contributed by atoms with Gasteiger partial charge in [-0.25, -0.2) is 4.39 Å². The van der Waals surface area contributed by atoms with Gasteiger partial charge in [0.05, 0.1) is 6.21 Å². The van der Waals surface area contributed by atoms with Crippen molar-refractivity contribution >= 4 is 22.1 Å². The molecule has 64 valence electrons. The van der Waals surface area contributed by atoms with Gasteiger partial charge in [-0.1, -0.05) is 21.1 Å². The van der Waals surface area contributed by atoms with Crippen molar-refractivity contribution < 1.29 is 9.23 Å². The molecular formula is C8H7BrFNO. The lowest BCUT2D eigenvalue weighted by Gasteiger charge is -1.96. The fourth-order valence-electron chi connectivity index (χ4n) is 0.716. The van der Waals surface area contributed by atoms with Crippen LogP contribution in [-0.2, 0) is 4.84 Å². The summed E-state index contributed by atoms with van der Waals surface area (Å²) in [7, 11) is 1.45. The Morgan fingerprint density at radius 1 is 1.58 bits per heavy atom. The van der Waals surface area contributed by atoms with Crippen molar-refractivity contribution in [1.29, 1.82) is 0 Å². The molecule has 1 rings (SSSR count). The Labute approximate surface area is 78.2 Å². The number of benzene rings is 1.